The second-order valence-corrected chi connectivity index (χ2v) is 0. The Kier molecular flexibility index (Phi) is 276. The lowest BCUT2D eigenvalue weighted by atomic mass is 31.0. The van der Waals surface area contributed by atoms with E-state index >= 15 is 0 Å². The molecule has 0 aliphatic heterocycles. The minimum Gasteiger partial charge on any atom is -0.153 e. The molecule has 0 aromatic heterocycles. The first-order chi connectivity index (χ1) is 0. The van der Waals surface area contributed by atoms with Crippen LogP contribution in [0.3, 0.4) is 0 Å². The topological polar surface area (TPSA) is 0 Å². The molecule has 3 atom stereocenters. The zero-order chi connectivity index (χ0) is 0. The van der Waals surface area contributed by atoms with E-state index in [1.807, 2.05) is 0 Å². The van der Waals surface area contributed by atoms with Gasteiger partial charge in [-0.25, -0.2) is 0 Å². The van der Waals surface area contributed by atoms with Crippen LogP contribution in [-0.4, -0.2) is 0 Å². The fraction of sp³-hybridized carbons (Fsp3) is 0. The van der Waals surface area contributed by atoms with E-state index in [2.05, 4.69) is 0 Å². The third kappa shape index (κ3) is 9.55. The summed E-state index contributed by atoms with van der Waals surface area (Å²) in [5, 5.41) is 0. The summed E-state index contributed by atoms with van der Waals surface area (Å²) < 4.78 is 0. The van der Waals surface area contributed by atoms with Crippen LogP contribution in [-0.2, 0) is 0 Å². The van der Waals surface area contributed by atoms with E-state index in [0.29, 0.717) is 0 Å². The highest BCUT2D eigenvalue weighted by Gasteiger charge is -0.146. The molecule has 0 rings (SSSR count). The van der Waals surface area contributed by atoms with Gasteiger partial charge in [-0.05, 0) is 0 Å². The molecule has 4 heavy (non-hydrogen) atoms. The maximum Gasteiger partial charge on any atom is -0.147 e. The summed E-state index contributed by atoms with van der Waals surface area (Å²) >= 11 is 0. The predicted molar refractivity (Wildman–Crippen MR) is 40.6 cm³/mol. The summed E-state index contributed by atoms with van der Waals surface area (Å²) in [6.45, 7) is 0. The zero-order valence-electron chi connectivity index (χ0n) is 2.53. The molecule has 0 amide bonds. The average molecular weight is 138 g/mol. The van der Waals surface area contributed by atoms with Crippen molar-refractivity contribution in [2.45, 2.75) is 0 Å². The number of rotatable bonds is 0. The van der Waals surface area contributed by atoms with E-state index in [1.165, 1.54) is 0 Å². The maximum absolute atomic E-state index is 0. The first kappa shape index (κ1) is 46.9. The van der Waals surface area contributed by atoms with Crippen molar-refractivity contribution in [2.24, 2.45) is 0 Å². The summed E-state index contributed by atoms with van der Waals surface area (Å²) in [4.78, 5) is 0. The second-order valence-electron chi connectivity index (χ2n) is 0. The van der Waals surface area contributed by atoms with Crippen molar-refractivity contribution in [3.05, 3.63) is 0 Å². The molecule has 0 aromatic rings. The van der Waals surface area contributed by atoms with E-state index in [4.69, 9.17) is 0 Å². The Bertz CT molecular complexity index is 3.25. The van der Waals surface area contributed by atoms with Gasteiger partial charge in [-0.3, -0.25) is 0 Å². The van der Waals surface area contributed by atoms with E-state index in [-0.39, 0.29) is 42.1 Å². The highest BCUT2D eigenvalue weighted by molar-refractivity contribution is 6.92. The highest BCUT2D eigenvalue weighted by Crippen LogP contribution is 0.863. The van der Waals surface area contributed by atoms with E-state index in [0.717, 1.165) is 0 Å². The Labute approximate surface area is 42.8 Å². The Balaban J connectivity index is 0. The second kappa shape index (κ2) is 23.5. The van der Waals surface area contributed by atoms with Crippen LogP contribution in [0.4, 0.5) is 0 Å². The molecule has 0 radical (unpaired) electrons. The summed E-state index contributed by atoms with van der Waals surface area (Å²) in [5.41, 5.74) is 0. The van der Waals surface area contributed by atoms with Crippen molar-refractivity contribution >= 4 is 42.1 Å². The van der Waals surface area contributed by atoms with E-state index in [9.17, 15) is 0 Å². The van der Waals surface area contributed by atoms with Crippen molar-refractivity contribution in [3.8, 4) is 0 Å². The molecule has 3 unspecified atom stereocenters. The van der Waals surface area contributed by atoms with Gasteiger partial charge in [0.2, 0.25) is 0 Å². The van der Waals surface area contributed by atoms with Gasteiger partial charge >= 0.3 is 0 Å². The fourth-order valence-electron chi connectivity index (χ4n) is 0. The molecule has 0 heterocycles. The van der Waals surface area contributed by atoms with Crippen LogP contribution in [0.2, 0.25) is 0 Å². The van der Waals surface area contributed by atoms with Gasteiger partial charge in [0, 0.05) is 0 Å². The summed E-state index contributed by atoms with van der Waals surface area (Å²) in [6, 6.07) is 0. The smallest absolute Gasteiger partial charge is 0.147 e. The van der Waals surface area contributed by atoms with Crippen molar-refractivity contribution in [2.75, 3.05) is 0 Å². The van der Waals surface area contributed by atoms with Gasteiger partial charge < -0.3 is 0 Å². The zero-order valence-corrected chi connectivity index (χ0v) is 7.59. The normalized spacial score (nSPS) is 0. The van der Waals surface area contributed by atoms with Gasteiger partial charge in [0.05, 0.1) is 0 Å². The van der Waals surface area contributed by atoms with Crippen LogP contribution in [0.1, 0.15) is 0 Å². The number of halogens is 1. The van der Waals surface area contributed by atoms with Crippen LogP contribution in [0, 0.1) is 0 Å². The lowest BCUT2D eigenvalue weighted by molar-refractivity contribution is 5.85. The minimum absolute atomic E-state index is 0. The average Bonchev–Trinajstić information content (AvgIpc) is 0. The van der Waals surface area contributed by atoms with Crippen LogP contribution >= 0.6 is 42.1 Å². The maximum atomic E-state index is 0. The minimum atomic E-state index is 0. The molecule has 0 saturated heterocycles. The van der Waals surface area contributed by atoms with Crippen molar-refractivity contribution in [1.82, 2.24) is 0 Å². The van der Waals surface area contributed by atoms with Crippen molar-refractivity contribution < 1.29 is 0 Å². The molecular weight excluding hydrogens is 128 g/mol. The number of hydrogen-bond donors (Lipinski definition) is 0. The van der Waals surface area contributed by atoms with Crippen LogP contribution in [0.5, 0.6) is 0 Å². The van der Waals surface area contributed by atoms with Gasteiger partial charge in [0.25, 0.3) is 0 Å². The Hall–Kier alpha value is 1.58. The van der Waals surface area contributed by atoms with Gasteiger partial charge in [0.15, 0.2) is 0 Å². The van der Waals surface area contributed by atoms with Crippen molar-refractivity contribution in [1.29, 1.82) is 0 Å². The highest BCUT2D eigenvalue weighted by atomic mass is 35.5. The van der Waals surface area contributed by atoms with Crippen LogP contribution in [0.15, 0.2) is 0 Å². The lowest BCUT2D eigenvalue weighted by Gasteiger charge is -0.154. The SMILES string of the molecule is Cl.P.P.P. The monoisotopic (exact) mass is 138 g/mol. The molecule has 0 bridgehead atoms. The molecule has 32 valence electrons. The quantitative estimate of drug-likeness (QED) is 0.430. The van der Waals surface area contributed by atoms with E-state index < -0.39 is 0 Å². The molecule has 0 spiro atoms. The van der Waals surface area contributed by atoms with Gasteiger partial charge in [-0.1, -0.05) is 0 Å². The van der Waals surface area contributed by atoms with Crippen molar-refractivity contribution in [3.63, 3.8) is 0 Å². The molecule has 4 heteroatoms. The third-order valence-corrected chi connectivity index (χ3v) is 0. The van der Waals surface area contributed by atoms with Gasteiger partial charge in [-0.2, -0.15) is 29.7 Å². The Morgan fingerprint density at radius 1 is 0.500 bits per heavy atom. The first-order valence-electron chi connectivity index (χ1n) is 0. The van der Waals surface area contributed by atoms with Gasteiger partial charge in [-0.15, -0.1) is 12.4 Å². The standard InChI is InChI=1S/ClH.3H3P/h1H;3*1H3. The van der Waals surface area contributed by atoms with Crippen LogP contribution < -0.4 is 0 Å². The molecule has 0 nitrogen and oxygen atoms in total. The Morgan fingerprint density at radius 2 is 0.500 bits per heavy atom. The largest absolute Gasteiger partial charge is 0.153 e. The first-order valence-corrected chi connectivity index (χ1v) is 0. The number of hydrogen-bond acceptors (Lipinski definition) is 0. The summed E-state index contributed by atoms with van der Waals surface area (Å²) in [7, 11) is 0. The molecule has 0 N–H and O–H groups in total. The summed E-state index contributed by atoms with van der Waals surface area (Å²) in [6.07, 6.45) is 0. The van der Waals surface area contributed by atoms with E-state index in [1.54, 1.807) is 0 Å². The van der Waals surface area contributed by atoms with Gasteiger partial charge in [0.1, 0.15) is 0 Å². The molecule has 0 aliphatic rings. The van der Waals surface area contributed by atoms with Crippen LogP contribution in [0.25, 0.3) is 0 Å². The Morgan fingerprint density at radius 3 is 0.500 bits per heavy atom. The molecule has 0 saturated carbocycles. The molecule has 0 aromatic carbocycles. The molecule has 0 fully saturated rings. The lowest BCUT2D eigenvalue weighted by Crippen LogP contribution is 0.689. The molecule has 0 aliphatic carbocycles. The summed E-state index contributed by atoms with van der Waals surface area (Å²) in [5.74, 6) is 0. The fourth-order valence-corrected chi connectivity index (χ4v) is 0. The third-order valence-electron chi connectivity index (χ3n) is 0. The molecular formula is H10ClP3. The predicted octanol–water partition coefficient (Wildman–Crippen LogP) is 0.596.